The van der Waals surface area contributed by atoms with Gasteiger partial charge in [0.05, 0.1) is 24.0 Å². The van der Waals surface area contributed by atoms with Crippen molar-refractivity contribution in [2.24, 2.45) is 5.92 Å². The van der Waals surface area contributed by atoms with Crippen molar-refractivity contribution < 1.29 is 32.1 Å². The number of hydrogen-bond donors (Lipinski definition) is 1. The first kappa shape index (κ1) is 26.1. The number of sulfonamides is 1. The van der Waals surface area contributed by atoms with Crippen LogP contribution in [0.1, 0.15) is 30.0 Å². The SMILES string of the molecule is COC(=O)[C@@H](CC(=O)[C@H](C)NS(=O)(=O)c1ccccc1[N+](=O)[O-])Cc1c(C)cc(F)cc1C. The molecule has 0 bridgehead atoms. The summed E-state index contributed by atoms with van der Waals surface area (Å²) in [5, 5.41) is 11.2. The normalized spacial score (nSPS) is 13.2. The highest BCUT2D eigenvalue weighted by molar-refractivity contribution is 7.89. The number of ketones is 1. The van der Waals surface area contributed by atoms with Crippen molar-refractivity contribution in [3.05, 3.63) is 69.0 Å². The number of rotatable bonds is 10. The minimum atomic E-state index is -4.39. The Bertz CT molecular complexity index is 1160. The predicted octanol–water partition coefficient (Wildman–Crippen LogP) is 3.01. The highest BCUT2D eigenvalue weighted by Gasteiger charge is 2.31. The molecule has 0 saturated carbocycles. The molecule has 0 aliphatic rings. The molecular formula is C22H25FN2O7S. The van der Waals surface area contributed by atoms with Crippen LogP contribution in [0.2, 0.25) is 0 Å². The zero-order valence-corrected chi connectivity index (χ0v) is 19.4. The molecule has 2 rings (SSSR count). The zero-order valence-electron chi connectivity index (χ0n) is 18.6. The first-order valence-corrected chi connectivity index (χ1v) is 11.5. The molecule has 0 aliphatic carbocycles. The van der Waals surface area contributed by atoms with E-state index in [-0.39, 0.29) is 12.8 Å². The Morgan fingerprint density at radius 2 is 1.76 bits per heavy atom. The van der Waals surface area contributed by atoms with E-state index in [0.29, 0.717) is 16.7 Å². The third-order valence-corrected chi connectivity index (χ3v) is 6.85. The van der Waals surface area contributed by atoms with Crippen molar-refractivity contribution in [2.75, 3.05) is 7.11 Å². The number of para-hydroxylation sites is 1. The van der Waals surface area contributed by atoms with Gasteiger partial charge in [0.15, 0.2) is 10.7 Å². The molecule has 0 amide bonds. The minimum absolute atomic E-state index is 0.0972. The number of methoxy groups -OCH3 is 1. The fourth-order valence-electron chi connectivity index (χ4n) is 3.53. The van der Waals surface area contributed by atoms with E-state index in [0.717, 1.165) is 12.1 Å². The standard InChI is InChI=1S/C22H25FN2O7S/c1-13-9-17(23)10-14(2)18(13)11-16(22(27)32-4)12-20(26)15(3)24-33(30,31)21-8-6-5-7-19(21)25(28)29/h5-10,15-16,24H,11-12H2,1-4H3/t15-,16+/m0/s1. The summed E-state index contributed by atoms with van der Waals surface area (Å²) in [6, 6.07) is 6.14. The van der Waals surface area contributed by atoms with Crippen LogP contribution in [0, 0.1) is 35.7 Å². The van der Waals surface area contributed by atoms with Crippen LogP contribution in [0.25, 0.3) is 0 Å². The van der Waals surface area contributed by atoms with Crippen molar-refractivity contribution in [3.8, 4) is 0 Å². The molecular weight excluding hydrogens is 455 g/mol. The number of nitro benzene ring substituents is 1. The van der Waals surface area contributed by atoms with Gasteiger partial charge in [-0.1, -0.05) is 12.1 Å². The number of halogens is 1. The Labute approximate surface area is 191 Å². The molecule has 2 aromatic rings. The van der Waals surface area contributed by atoms with E-state index in [1.54, 1.807) is 13.8 Å². The largest absolute Gasteiger partial charge is 0.469 e. The smallest absolute Gasteiger partial charge is 0.309 e. The highest BCUT2D eigenvalue weighted by Crippen LogP contribution is 2.25. The Morgan fingerprint density at radius 3 is 2.30 bits per heavy atom. The molecule has 9 nitrogen and oxygen atoms in total. The summed E-state index contributed by atoms with van der Waals surface area (Å²) < 4.78 is 45.9. The number of hydrogen-bond acceptors (Lipinski definition) is 7. The van der Waals surface area contributed by atoms with E-state index < -0.39 is 55.1 Å². The van der Waals surface area contributed by atoms with Crippen molar-refractivity contribution in [1.29, 1.82) is 0 Å². The Morgan fingerprint density at radius 1 is 1.18 bits per heavy atom. The van der Waals surface area contributed by atoms with E-state index in [1.165, 1.54) is 38.3 Å². The van der Waals surface area contributed by atoms with Crippen LogP contribution in [-0.4, -0.2) is 38.2 Å². The second-order valence-corrected chi connectivity index (χ2v) is 9.36. The number of nitro groups is 1. The van der Waals surface area contributed by atoms with E-state index in [9.17, 15) is 32.5 Å². The number of benzene rings is 2. The number of nitrogens with zero attached hydrogens (tertiary/aromatic N) is 1. The van der Waals surface area contributed by atoms with Gasteiger partial charge in [0.2, 0.25) is 10.0 Å². The number of carbonyl (C=O) groups is 2. The van der Waals surface area contributed by atoms with Crippen molar-refractivity contribution in [2.45, 2.75) is 44.6 Å². The van der Waals surface area contributed by atoms with Gasteiger partial charge in [-0.3, -0.25) is 19.7 Å². The molecule has 0 aliphatic heterocycles. The van der Waals surface area contributed by atoms with Crippen LogP contribution in [0.4, 0.5) is 10.1 Å². The number of Topliss-reactive ketones (excluding diaryl/α,β-unsaturated/α-hetero) is 1. The molecule has 0 unspecified atom stereocenters. The fourth-order valence-corrected chi connectivity index (χ4v) is 4.93. The maximum absolute atomic E-state index is 13.6. The third-order valence-electron chi connectivity index (χ3n) is 5.26. The second kappa shape index (κ2) is 10.6. The molecule has 0 spiro atoms. The summed E-state index contributed by atoms with van der Waals surface area (Å²) in [4.78, 5) is 34.9. The zero-order chi connectivity index (χ0) is 24.9. The van der Waals surface area contributed by atoms with Crippen LogP contribution < -0.4 is 4.72 Å². The molecule has 178 valence electrons. The topological polar surface area (TPSA) is 133 Å². The van der Waals surface area contributed by atoms with Crippen LogP contribution in [0.3, 0.4) is 0 Å². The third kappa shape index (κ3) is 6.42. The maximum atomic E-state index is 13.6. The Hall–Kier alpha value is -3.18. The predicted molar refractivity (Wildman–Crippen MR) is 118 cm³/mol. The molecule has 0 heterocycles. The molecule has 0 saturated heterocycles. The molecule has 0 radical (unpaired) electrons. The van der Waals surface area contributed by atoms with Crippen molar-refractivity contribution in [3.63, 3.8) is 0 Å². The van der Waals surface area contributed by atoms with E-state index in [4.69, 9.17) is 4.74 Å². The van der Waals surface area contributed by atoms with Gasteiger partial charge < -0.3 is 4.74 Å². The number of carbonyl (C=O) groups excluding carboxylic acids is 2. The number of nitrogens with one attached hydrogen (secondary N) is 1. The van der Waals surface area contributed by atoms with Gasteiger partial charge in [-0.25, -0.2) is 17.5 Å². The maximum Gasteiger partial charge on any atom is 0.309 e. The lowest BCUT2D eigenvalue weighted by Crippen LogP contribution is -2.40. The van der Waals surface area contributed by atoms with Gasteiger partial charge in [0.25, 0.3) is 5.69 Å². The van der Waals surface area contributed by atoms with Crippen LogP contribution in [0.5, 0.6) is 0 Å². The molecule has 1 N–H and O–H groups in total. The van der Waals surface area contributed by atoms with Gasteiger partial charge in [0, 0.05) is 12.5 Å². The molecule has 2 atom stereocenters. The second-order valence-electron chi connectivity index (χ2n) is 7.68. The van der Waals surface area contributed by atoms with E-state index >= 15 is 0 Å². The fraction of sp³-hybridized carbons (Fsp3) is 0.364. The van der Waals surface area contributed by atoms with Gasteiger partial charge in [-0.2, -0.15) is 0 Å². The highest BCUT2D eigenvalue weighted by atomic mass is 32.2. The monoisotopic (exact) mass is 480 g/mol. The van der Waals surface area contributed by atoms with Crippen molar-refractivity contribution >= 4 is 27.5 Å². The average Bonchev–Trinajstić information content (AvgIpc) is 2.74. The Kier molecular flexibility index (Phi) is 8.39. The molecule has 0 aromatic heterocycles. The summed E-state index contributed by atoms with van der Waals surface area (Å²) in [7, 11) is -3.22. The van der Waals surface area contributed by atoms with Crippen molar-refractivity contribution in [1.82, 2.24) is 4.72 Å². The van der Waals surface area contributed by atoms with Gasteiger partial charge in [0.1, 0.15) is 5.82 Å². The average molecular weight is 481 g/mol. The lowest BCUT2D eigenvalue weighted by Gasteiger charge is -2.19. The van der Waals surface area contributed by atoms with Crippen LogP contribution >= 0.6 is 0 Å². The minimum Gasteiger partial charge on any atom is -0.469 e. The van der Waals surface area contributed by atoms with E-state index in [2.05, 4.69) is 4.72 Å². The van der Waals surface area contributed by atoms with Gasteiger partial charge in [-0.15, -0.1) is 0 Å². The van der Waals surface area contributed by atoms with Crippen LogP contribution in [-0.2, 0) is 30.8 Å². The molecule has 33 heavy (non-hydrogen) atoms. The summed E-state index contributed by atoms with van der Waals surface area (Å²) in [6.45, 7) is 4.66. The van der Waals surface area contributed by atoms with Gasteiger partial charge in [-0.05, 0) is 62.1 Å². The molecule has 0 fully saturated rings. The molecule has 2 aromatic carbocycles. The van der Waals surface area contributed by atoms with E-state index in [1.807, 2.05) is 0 Å². The summed E-state index contributed by atoms with van der Waals surface area (Å²) in [5.41, 5.74) is 1.28. The Balaban J connectivity index is 2.23. The lowest BCUT2D eigenvalue weighted by molar-refractivity contribution is -0.387. The van der Waals surface area contributed by atoms with Gasteiger partial charge >= 0.3 is 5.97 Å². The first-order chi connectivity index (χ1) is 15.4. The summed E-state index contributed by atoms with van der Waals surface area (Å²) >= 11 is 0. The first-order valence-electron chi connectivity index (χ1n) is 9.99. The summed E-state index contributed by atoms with van der Waals surface area (Å²) in [5.74, 6) is -2.62. The summed E-state index contributed by atoms with van der Waals surface area (Å²) in [6.07, 6.45) is -0.247. The number of esters is 1. The quantitative estimate of drug-likeness (QED) is 0.314. The van der Waals surface area contributed by atoms with Crippen LogP contribution in [0.15, 0.2) is 41.3 Å². The number of aryl methyl sites for hydroxylation is 2. The number of ether oxygens (including phenoxy) is 1. The lowest BCUT2D eigenvalue weighted by atomic mass is 9.88. The molecule has 11 heteroatoms.